The first-order valence-corrected chi connectivity index (χ1v) is 10.0. The average molecular weight is 372 g/mol. The van der Waals surface area contributed by atoms with E-state index in [1.54, 1.807) is 0 Å². The van der Waals surface area contributed by atoms with Gasteiger partial charge in [0.2, 0.25) is 0 Å². The van der Waals surface area contributed by atoms with Gasteiger partial charge in [-0.3, -0.25) is 15.0 Å². The van der Waals surface area contributed by atoms with E-state index in [9.17, 15) is 0 Å². The van der Waals surface area contributed by atoms with Crippen LogP contribution in [-0.2, 0) is 0 Å². The number of hydrogen-bond donors (Lipinski definition) is 0. The van der Waals surface area contributed by atoms with Gasteiger partial charge in [0.15, 0.2) is 0 Å². The molecule has 2 heterocycles. The molecular formula is C25H29N3. The first-order chi connectivity index (χ1) is 13.5. The van der Waals surface area contributed by atoms with E-state index in [-0.39, 0.29) is 5.92 Å². The Labute approximate surface area is 168 Å². The molecule has 0 bridgehead atoms. The molecule has 0 N–H and O–H groups in total. The highest BCUT2D eigenvalue weighted by Gasteiger charge is 2.15. The van der Waals surface area contributed by atoms with Crippen molar-refractivity contribution >= 4 is 35.6 Å². The average Bonchev–Trinajstić information content (AvgIpc) is 3.29. The predicted octanol–water partition coefficient (Wildman–Crippen LogP) is 6.80. The van der Waals surface area contributed by atoms with E-state index in [1.165, 1.54) is 16.7 Å². The van der Waals surface area contributed by atoms with Crippen LogP contribution >= 0.6 is 0 Å². The van der Waals surface area contributed by atoms with Crippen molar-refractivity contribution in [1.82, 2.24) is 0 Å². The van der Waals surface area contributed by atoms with Crippen molar-refractivity contribution in [3.8, 4) is 0 Å². The van der Waals surface area contributed by atoms with Crippen LogP contribution in [0, 0.1) is 5.92 Å². The minimum absolute atomic E-state index is 0.272. The summed E-state index contributed by atoms with van der Waals surface area (Å²) >= 11 is 0. The van der Waals surface area contributed by atoms with E-state index in [2.05, 4.69) is 73.0 Å². The molecule has 2 aromatic rings. The van der Waals surface area contributed by atoms with Crippen molar-refractivity contribution in [2.45, 2.75) is 46.1 Å². The molecule has 4 rings (SSSR count). The zero-order chi connectivity index (χ0) is 19.9. The summed E-state index contributed by atoms with van der Waals surface area (Å²) in [5.74, 6) is 0.984. The molecule has 3 nitrogen and oxygen atoms in total. The lowest BCUT2D eigenvalue weighted by Gasteiger charge is -2.03. The predicted molar refractivity (Wildman–Crippen MR) is 123 cm³/mol. The van der Waals surface area contributed by atoms with Gasteiger partial charge < -0.3 is 0 Å². The molecule has 0 saturated heterocycles. The summed E-state index contributed by atoms with van der Waals surface area (Å²) in [5, 5.41) is 0. The van der Waals surface area contributed by atoms with Crippen LogP contribution < -0.4 is 0 Å². The summed E-state index contributed by atoms with van der Waals surface area (Å²) in [6.45, 7) is 8.62. The van der Waals surface area contributed by atoms with Crippen LogP contribution in [0.2, 0.25) is 0 Å². The zero-order valence-corrected chi connectivity index (χ0v) is 17.2. The van der Waals surface area contributed by atoms with Gasteiger partial charge in [-0.05, 0) is 49.5 Å². The van der Waals surface area contributed by atoms with Gasteiger partial charge in [0.05, 0.1) is 17.3 Å². The minimum Gasteiger partial charge on any atom is -0.294 e. The first-order valence-electron chi connectivity index (χ1n) is 10.0. The minimum atomic E-state index is 0.272. The van der Waals surface area contributed by atoms with Gasteiger partial charge in [-0.2, -0.15) is 0 Å². The maximum Gasteiger partial charge on any atom is 0.0708 e. The maximum atomic E-state index is 4.39. The highest BCUT2D eigenvalue weighted by Crippen LogP contribution is 2.31. The fourth-order valence-electron chi connectivity index (χ4n) is 3.08. The molecule has 0 spiro atoms. The molecule has 2 aromatic carbocycles. The van der Waals surface area contributed by atoms with Crippen molar-refractivity contribution < 1.29 is 0 Å². The molecular weight excluding hydrogens is 342 g/mol. The summed E-state index contributed by atoms with van der Waals surface area (Å²) in [6.07, 6.45) is 9.30. The standard InChI is InChI=1S/C13H15N.C12H14N2/c1-10(2)7-8-11-9-14-13-6-4-3-5-12(11)13;1-9(2)13-7-10-8-14-12-6-4-3-5-11(10)12/h3-6,8-10H,7H2,1-2H3;3-10H,1-2H3/b11-8+;. The van der Waals surface area contributed by atoms with Crippen LogP contribution in [0.25, 0.3) is 5.57 Å². The molecule has 0 fully saturated rings. The molecule has 1 atom stereocenters. The number of aliphatic imine (C=N–C) groups is 3. The molecule has 0 amide bonds. The van der Waals surface area contributed by atoms with Gasteiger partial charge in [-0.1, -0.05) is 56.3 Å². The molecule has 0 aromatic heterocycles. The molecule has 2 aliphatic rings. The fraction of sp³-hybridized carbons (Fsp3) is 0.320. The lowest BCUT2D eigenvalue weighted by Crippen LogP contribution is -2.00. The Balaban J connectivity index is 0.000000161. The Kier molecular flexibility index (Phi) is 6.70. The van der Waals surface area contributed by atoms with Gasteiger partial charge in [-0.15, -0.1) is 0 Å². The lowest BCUT2D eigenvalue weighted by atomic mass is 10.0. The van der Waals surface area contributed by atoms with Crippen LogP contribution in [0.1, 0.15) is 51.2 Å². The summed E-state index contributed by atoms with van der Waals surface area (Å²) in [7, 11) is 0. The molecule has 2 aliphatic heterocycles. The molecule has 1 unspecified atom stereocenters. The summed E-state index contributed by atoms with van der Waals surface area (Å²) in [4.78, 5) is 13.1. The van der Waals surface area contributed by atoms with Gasteiger partial charge in [-0.25, -0.2) is 0 Å². The highest BCUT2D eigenvalue weighted by molar-refractivity contribution is 6.16. The molecule has 28 heavy (non-hydrogen) atoms. The Morgan fingerprint density at radius 2 is 1.64 bits per heavy atom. The Bertz CT molecular complexity index is 917. The normalized spacial score (nSPS) is 18.1. The van der Waals surface area contributed by atoms with Crippen molar-refractivity contribution in [3.63, 3.8) is 0 Å². The first kappa shape index (κ1) is 19.9. The second-order valence-electron chi connectivity index (χ2n) is 7.82. The third kappa shape index (κ3) is 5.13. The summed E-state index contributed by atoms with van der Waals surface area (Å²) < 4.78 is 0. The maximum absolute atomic E-state index is 4.39. The van der Waals surface area contributed by atoms with Crippen LogP contribution in [0.3, 0.4) is 0 Å². The molecule has 3 heteroatoms. The molecule has 0 aliphatic carbocycles. The smallest absolute Gasteiger partial charge is 0.0708 e. The van der Waals surface area contributed by atoms with E-state index in [0.717, 1.165) is 17.8 Å². The van der Waals surface area contributed by atoms with Crippen LogP contribution in [0.15, 0.2) is 69.6 Å². The topological polar surface area (TPSA) is 37.1 Å². The number of nitrogens with zero attached hydrogens (tertiary/aromatic N) is 3. The van der Waals surface area contributed by atoms with Crippen LogP contribution in [-0.4, -0.2) is 24.7 Å². The van der Waals surface area contributed by atoms with Gasteiger partial charge in [0.25, 0.3) is 0 Å². The summed E-state index contributed by atoms with van der Waals surface area (Å²) in [6, 6.07) is 16.8. The van der Waals surface area contributed by atoms with Crippen molar-refractivity contribution in [2.24, 2.45) is 20.9 Å². The van der Waals surface area contributed by atoms with Crippen molar-refractivity contribution in [3.05, 3.63) is 65.7 Å². The van der Waals surface area contributed by atoms with Gasteiger partial charge in [0, 0.05) is 30.2 Å². The fourth-order valence-corrected chi connectivity index (χ4v) is 3.08. The number of para-hydroxylation sites is 2. The van der Waals surface area contributed by atoms with Crippen molar-refractivity contribution in [1.29, 1.82) is 0 Å². The van der Waals surface area contributed by atoms with E-state index in [1.807, 2.05) is 42.9 Å². The summed E-state index contributed by atoms with van der Waals surface area (Å²) in [5.41, 5.74) is 5.98. The van der Waals surface area contributed by atoms with Gasteiger partial charge in [0.1, 0.15) is 0 Å². The third-order valence-corrected chi connectivity index (χ3v) is 4.58. The third-order valence-electron chi connectivity index (χ3n) is 4.58. The second kappa shape index (κ2) is 9.41. The van der Waals surface area contributed by atoms with E-state index in [4.69, 9.17) is 0 Å². The number of rotatable bonds is 4. The Morgan fingerprint density at radius 1 is 0.929 bits per heavy atom. The SMILES string of the molecule is CC(C)C/C=C1\C=Nc2ccccc21.CC(C)N=CC1C=Nc2ccccc21. The number of allylic oxidation sites excluding steroid dienone is 2. The molecule has 0 radical (unpaired) electrons. The monoisotopic (exact) mass is 371 g/mol. The van der Waals surface area contributed by atoms with E-state index >= 15 is 0 Å². The number of benzene rings is 2. The highest BCUT2D eigenvalue weighted by atomic mass is 14.8. The van der Waals surface area contributed by atoms with Gasteiger partial charge >= 0.3 is 0 Å². The van der Waals surface area contributed by atoms with Crippen LogP contribution in [0.4, 0.5) is 11.4 Å². The van der Waals surface area contributed by atoms with Crippen molar-refractivity contribution in [2.75, 3.05) is 0 Å². The molecule has 0 saturated carbocycles. The number of fused-ring (bicyclic) bond motifs is 2. The Hall–Kier alpha value is -2.81. The lowest BCUT2D eigenvalue weighted by molar-refractivity contribution is 0.665. The van der Waals surface area contributed by atoms with E-state index < -0.39 is 0 Å². The largest absolute Gasteiger partial charge is 0.294 e. The van der Waals surface area contributed by atoms with Crippen LogP contribution in [0.5, 0.6) is 0 Å². The molecule has 144 valence electrons. The second-order valence-corrected chi connectivity index (χ2v) is 7.82. The quantitative estimate of drug-likeness (QED) is 0.530. The number of hydrogen-bond acceptors (Lipinski definition) is 3. The Morgan fingerprint density at radius 3 is 2.39 bits per heavy atom. The van der Waals surface area contributed by atoms with E-state index in [0.29, 0.717) is 12.0 Å². The zero-order valence-electron chi connectivity index (χ0n) is 17.2.